The molecule has 0 aliphatic carbocycles. The maximum absolute atomic E-state index is 13.1. The Morgan fingerprint density at radius 3 is 2.52 bits per heavy atom. The number of nitrogens with zero attached hydrogens (tertiary/aromatic N) is 4. The number of aromatic nitrogens is 3. The van der Waals surface area contributed by atoms with Crippen LogP contribution in [0.5, 0.6) is 0 Å². The van der Waals surface area contributed by atoms with Gasteiger partial charge in [0.05, 0.1) is 16.8 Å². The number of piperidine rings is 1. The van der Waals surface area contributed by atoms with Crippen molar-refractivity contribution in [3.63, 3.8) is 0 Å². The van der Waals surface area contributed by atoms with Gasteiger partial charge in [-0.2, -0.15) is 9.40 Å². The molecule has 1 saturated heterocycles. The fourth-order valence-electron chi connectivity index (χ4n) is 3.95. The number of pyridine rings is 1. The minimum absolute atomic E-state index is 0.133. The number of sulfonamides is 1. The van der Waals surface area contributed by atoms with E-state index in [1.54, 1.807) is 47.4 Å². The van der Waals surface area contributed by atoms with Gasteiger partial charge in [-0.05, 0) is 54.7 Å². The van der Waals surface area contributed by atoms with Crippen LogP contribution in [-0.4, -0.2) is 46.5 Å². The Bertz CT molecular complexity index is 1150. The maximum atomic E-state index is 13.1. The van der Waals surface area contributed by atoms with Crippen LogP contribution in [0.1, 0.15) is 30.6 Å². The highest BCUT2D eigenvalue weighted by atomic mass is 32.2. The molecule has 4 rings (SSSR count). The van der Waals surface area contributed by atoms with Gasteiger partial charge in [0, 0.05) is 31.0 Å². The molecule has 31 heavy (non-hydrogen) atoms. The van der Waals surface area contributed by atoms with Gasteiger partial charge in [-0.25, -0.2) is 18.1 Å². The Kier molecular flexibility index (Phi) is 5.88. The number of benzene rings is 1. The van der Waals surface area contributed by atoms with Crippen molar-refractivity contribution in [2.45, 2.75) is 25.2 Å². The zero-order chi connectivity index (χ0) is 22.0. The van der Waals surface area contributed by atoms with Gasteiger partial charge in [0.25, 0.3) is 5.91 Å². The topological polar surface area (TPSA) is 97.2 Å². The fourth-order valence-corrected chi connectivity index (χ4v) is 5.68. The molecule has 0 saturated carbocycles. The van der Waals surface area contributed by atoms with E-state index in [0.29, 0.717) is 36.4 Å². The summed E-state index contributed by atoms with van der Waals surface area (Å²) in [5.74, 6) is 0.844. The van der Waals surface area contributed by atoms with Gasteiger partial charge >= 0.3 is 0 Å². The first kappa shape index (κ1) is 21.2. The summed E-state index contributed by atoms with van der Waals surface area (Å²) in [6, 6.07) is 11.4. The van der Waals surface area contributed by atoms with Crippen LogP contribution in [0.25, 0.3) is 5.82 Å². The molecular weight excluding hydrogens is 414 g/mol. The lowest BCUT2D eigenvalue weighted by atomic mass is 9.94. The lowest BCUT2D eigenvalue weighted by molar-refractivity contribution is 0.102. The molecule has 3 heterocycles. The summed E-state index contributed by atoms with van der Waals surface area (Å²) in [6.45, 7) is 5.12. The second-order valence-electron chi connectivity index (χ2n) is 8.11. The summed E-state index contributed by atoms with van der Waals surface area (Å²) in [7, 11) is -3.66. The molecule has 3 aromatic rings. The monoisotopic (exact) mass is 439 g/mol. The average molecular weight is 440 g/mol. The predicted octanol–water partition coefficient (Wildman–Crippen LogP) is 3.19. The van der Waals surface area contributed by atoms with Gasteiger partial charge in [0.15, 0.2) is 5.82 Å². The molecule has 0 bridgehead atoms. The van der Waals surface area contributed by atoms with Crippen LogP contribution < -0.4 is 5.32 Å². The molecule has 0 radical (unpaired) electrons. The van der Waals surface area contributed by atoms with Gasteiger partial charge in [-0.1, -0.05) is 19.9 Å². The van der Waals surface area contributed by atoms with Gasteiger partial charge in [0.1, 0.15) is 0 Å². The maximum Gasteiger partial charge on any atom is 0.255 e. The molecule has 0 spiro atoms. The van der Waals surface area contributed by atoms with Crippen molar-refractivity contribution in [2.24, 2.45) is 11.8 Å². The van der Waals surface area contributed by atoms with Crippen LogP contribution in [0.15, 0.2) is 66.0 Å². The van der Waals surface area contributed by atoms with Crippen LogP contribution >= 0.6 is 0 Å². The molecular formula is C22H25N5O3S. The van der Waals surface area contributed by atoms with E-state index in [1.165, 1.54) is 22.6 Å². The van der Waals surface area contributed by atoms with Crippen LogP contribution in [0.4, 0.5) is 5.69 Å². The first-order chi connectivity index (χ1) is 14.8. The van der Waals surface area contributed by atoms with E-state index in [1.807, 2.05) is 0 Å². The Hall–Kier alpha value is -3.04. The van der Waals surface area contributed by atoms with E-state index in [0.717, 1.165) is 6.42 Å². The largest absolute Gasteiger partial charge is 0.321 e. The first-order valence-electron chi connectivity index (χ1n) is 10.2. The van der Waals surface area contributed by atoms with Gasteiger partial charge < -0.3 is 5.32 Å². The van der Waals surface area contributed by atoms with Crippen molar-refractivity contribution < 1.29 is 13.2 Å². The van der Waals surface area contributed by atoms with Gasteiger partial charge in [0.2, 0.25) is 10.0 Å². The van der Waals surface area contributed by atoms with E-state index in [2.05, 4.69) is 29.2 Å². The fraction of sp³-hybridized carbons (Fsp3) is 0.318. The van der Waals surface area contributed by atoms with Crippen molar-refractivity contribution in [3.05, 3.63) is 66.6 Å². The number of rotatable bonds is 5. The standard InChI is InChI=1S/C22H25N5O3S/c1-16-11-17(2)15-26(14-16)31(29,30)20-6-3-5-18(12-20)22(28)25-19-7-8-21(23-13-19)27-10-4-9-24-27/h3-10,12-13,16-17H,11,14-15H2,1-2H3,(H,25,28). The number of carbonyl (C=O) groups is 1. The molecule has 162 valence electrons. The molecule has 1 N–H and O–H groups in total. The molecule has 2 unspecified atom stereocenters. The number of hydrogen-bond acceptors (Lipinski definition) is 5. The number of amides is 1. The zero-order valence-electron chi connectivity index (χ0n) is 17.5. The SMILES string of the molecule is CC1CC(C)CN(S(=O)(=O)c2cccc(C(=O)Nc3ccc(-n4cccn4)nc3)c2)C1. The second kappa shape index (κ2) is 8.60. The van der Waals surface area contributed by atoms with Crippen LogP contribution in [0, 0.1) is 11.8 Å². The molecule has 2 aromatic heterocycles. The number of anilines is 1. The first-order valence-corrected chi connectivity index (χ1v) is 11.6. The van der Waals surface area contributed by atoms with E-state index in [4.69, 9.17) is 0 Å². The zero-order valence-corrected chi connectivity index (χ0v) is 18.3. The summed E-state index contributed by atoms with van der Waals surface area (Å²) in [5, 5.41) is 6.87. The average Bonchev–Trinajstić information content (AvgIpc) is 3.28. The number of nitrogens with one attached hydrogen (secondary N) is 1. The van der Waals surface area contributed by atoms with E-state index >= 15 is 0 Å². The molecule has 1 aliphatic rings. The highest BCUT2D eigenvalue weighted by Gasteiger charge is 2.32. The number of carbonyl (C=O) groups excluding carboxylic acids is 1. The van der Waals surface area contributed by atoms with Crippen molar-refractivity contribution in [1.82, 2.24) is 19.1 Å². The normalized spacial score (nSPS) is 19.8. The Morgan fingerprint density at radius 1 is 1.10 bits per heavy atom. The van der Waals surface area contributed by atoms with Crippen LogP contribution in [0.2, 0.25) is 0 Å². The van der Waals surface area contributed by atoms with Crippen molar-refractivity contribution in [1.29, 1.82) is 0 Å². The smallest absolute Gasteiger partial charge is 0.255 e. The predicted molar refractivity (Wildman–Crippen MR) is 117 cm³/mol. The van der Waals surface area contributed by atoms with E-state index < -0.39 is 15.9 Å². The molecule has 8 nitrogen and oxygen atoms in total. The summed E-state index contributed by atoms with van der Waals surface area (Å²) < 4.78 is 29.4. The molecule has 1 aromatic carbocycles. The third-order valence-electron chi connectivity index (χ3n) is 5.31. The summed E-state index contributed by atoms with van der Waals surface area (Å²) in [6.07, 6.45) is 5.98. The number of hydrogen-bond donors (Lipinski definition) is 1. The molecule has 2 atom stereocenters. The summed E-state index contributed by atoms with van der Waals surface area (Å²) >= 11 is 0. The second-order valence-corrected chi connectivity index (χ2v) is 10.0. The minimum Gasteiger partial charge on any atom is -0.321 e. The lowest BCUT2D eigenvalue weighted by Gasteiger charge is -2.34. The third-order valence-corrected chi connectivity index (χ3v) is 7.14. The highest BCUT2D eigenvalue weighted by molar-refractivity contribution is 7.89. The Balaban J connectivity index is 1.50. The van der Waals surface area contributed by atoms with Gasteiger partial charge in [-0.3, -0.25) is 4.79 Å². The van der Waals surface area contributed by atoms with Crippen molar-refractivity contribution in [3.8, 4) is 5.82 Å². The Morgan fingerprint density at radius 2 is 1.87 bits per heavy atom. The third kappa shape index (κ3) is 4.67. The molecule has 1 fully saturated rings. The summed E-state index contributed by atoms with van der Waals surface area (Å²) in [5.41, 5.74) is 0.781. The van der Waals surface area contributed by atoms with Gasteiger partial charge in [-0.15, -0.1) is 0 Å². The Labute approximate surface area is 182 Å². The van der Waals surface area contributed by atoms with Crippen molar-refractivity contribution in [2.75, 3.05) is 18.4 Å². The van der Waals surface area contributed by atoms with Crippen LogP contribution in [0.3, 0.4) is 0 Å². The van der Waals surface area contributed by atoms with E-state index in [-0.39, 0.29) is 10.5 Å². The molecule has 1 amide bonds. The lowest BCUT2D eigenvalue weighted by Crippen LogP contribution is -2.42. The van der Waals surface area contributed by atoms with Crippen LogP contribution in [-0.2, 0) is 10.0 Å². The highest BCUT2D eigenvalue weighted by Crippen LogP contribution is 2.27. The quantitative estimate of drug-likeness (QED) is 0.659. The summed E-state index contributed by atoms with van der Waals surface area (Å²) in [4.78, 5) is 17.1. The van der Waals surface area contributed by atoms with E-state index in [9.17, 15) is 13.2 Å². The minimum atomic E-state index is -3.66. The van der Waals surface area contributed by atoms with Crippen molar-refractivity contribution >= 4 is 21.6 Å². The molecule has 1 aliphatic heterocycles. The molecule has 9 heteroatoms.